The summed E-state index contributed by atoms with van der Waals surface area (Å²) in [6, 6.07) is 7.69. The quantitative estimate of drug-likeness (QED) is 0.762. The smallest absolute Gasteiger partial charge is 0.211 e. The minimum Gasteiger partial charge on any atom is -0.211 e. The summed E-state index contributed by atoms with van der Waals surface area (Å²) in [6.45, 7) is 0.227. The first-order valence-electron chi connectivity index (χ1n) is 5.57. The normalized spacial score (nSPS) is 11.8. The molecule has 2 aromatic rings. The highest BCUT2D eigenvalue weighted by Gasteiger charge is 2.18. The van der Waals surface area contributed by atoms with Crippen LogP contribution in [0, 0.1) is 5.82 Å². The number of rotatable bonds is 5. The van der Waals surface area contributed by atoms with Crippen molar-refractivity contribution in [3.8, 4) is 0 Å². The summed E-state index contributed by atoms with van der Waals surface area (Å²) in [5.74, 6) is -0.772. The Kier molecular flexibility index (Phi) is 5.36. The molecule has 0 saturated carbocycles. The van der Waals surface area contributed by atoms with Crippen molar-refractivity contribution in [2.75, 3.05) is 6.54 Å². The van der Waals surface area contributed by atoms with Gasteiger partial charge >= 0.3 is 0 Å². The van der Waals surface area contributed by atoms with E-state index in [0.29, 0.717) is 10.9 Å². The molecule has 0 aliphatic rings. The standard InChI is InChI=1S/C12H10Br2FNO2S2/c13-8-1-3-11(10(15)7-8)20(17,18)16-6-5-9-2-4-12(14)19-9/h1-4,7,16H,5-6H2. The van der Waals surface area contributed by atoms with Crippen LogP contribution in [0.25, 0.3) is 0 Å². The van der Waals surface area contributed by atoms with E-state index in [1.807, 2.05) is 12.1 Å². The second kappa shape index (κ2) is 6.65. The van der Waals surface area contributed by atoms with E-state index in [0.717, 1.165) is 14.7 Å². The Bertz CT molecular complexity index is 716. The van der Waals surface area contributed by atoms with Gasteiger partial charge in [-0.15, -0.1) is 11.3 Å². The van der Waals surface area contributed by atoms with Gasteiger partial charge in [-0.05, 0) is 52.7 Å². The number of hydrogen-bond acceptors (Lipinski definition) is 3. The molecule has 0 amide bonds. The monoisotopic (exact) mass is 441 g/mol. The zero-order valence-electron chi connectivity index (χ0n) is 10.1. The number of hydrogen-bond donors (Lipinski definition) is 1. The minimum absolute atomic E-state index is 0.227. The van der Waals surface area contributed by atoms with Crippen molar-refractivity contribution in [1.29, 1.82) is 0 Å². The molecule has 0 radical (unpaired) electrons. The molecule has 0 unspecified atom stereocenters. The van der Waals surface area contributed by atoms with E-state index in [1.54, 1.807) is 11.3 Å². The van der Waals surface area contributed by atoms with Gasteiger partial charge in [0.2, 0.25) is 10.0 Å². The molecule has 8 heteroatoms. The van der Waals surface area contributed by atoms with Crippen molar-refractivity contribution in [2.45, 2.75) is 11.3 Å². The van der Waals surface area contributed by atoms with Gasteiger partial charge in [0, 0.05) is 15.9 Å². The van der Waals surface area contributed by atoms with Gasteiger partial charge in [-0.3, -0.25) is 0 Å². The lowest BCUT2D eigenvalue weighted by atomic mass is 10.3. The molecule has 1 aromatic heterocycles. The molecule has 0 atom stereocenters. The van der Waals surface area contributed by atoms with E-state index in [9.17, 15) is 12.8 Å². The van der Waals surface area contributed by atoms with E-state index in [4.69, 9.17) is 0 Å². The van der Waals surface area contributed by atoms with Crippen LogP contribution in [0.5, 0.6) is 0 Å². The lowest BCUT2D eigenvalue weighted by Crippen LogP contribution is -2.26. The number of sulfonamides is 1. The summed E-state index contributed by atoms with van der Waals surface area (Å²) < 4.78 is 41.5. The summed E-state index contributed by atoms with van der Waals surface area (Å²) in [5, 5.41) is 0. The summed E-state index contributed by atoms with van der Waals surface area (Å²) in [7, 11) is -3.82. The van der Waals surface area contributed by atoms with Crippen LogP contribution in [0.1, 0.15) is 4.88 Å². The first kappa shape index (κ1) is 16.1. The Hall–Kier alpha value is -0.280. The van der Waals surface area contributed by atoms with Crippen LogP contribution < -0.4 is 4.72 Å². The van der Waals surface area contributed by atoms with Crippen LogP contribution in [-0.4, -0.2) is 15.0 Å². The number of thiophene rings is 1. The molecule has 3 nitrogen and oxygen atoms in total. The summed E-state index contributed by atoms with van der Waals surface area (Å²) in [4.78, 5) is 0.712. The minimum atomic E-state index is -3.82. The van der Waals surface area contributed by atoms with Crippen LogP contribution in [0.15, 0.2) is 43.5 Å². The molecule has 0 bridgehead atoms. The molecular formula is C12H10Br2FNO2S2. The molecule has 0 fully saturated rings. The van der Waals surface area contributed by atoms with E-state index in [1.165, 1.54) is 12.1 Å². The van der Waals surface area contributed by atoms with Crippen molar-refractivity contribution < 1.29 is 12.8 Å². The van der Waals surface area contributed by atoms with Crippen molar-refractivity contribution in [2.24, 2.45) is 0 Å². The zero-order valence-corrected chi connectivity index (χ0v) is 14.9. The third-order valence-corrected chi connectivity index (χ3v) is 6.15. The van der Waals surface area contributed by atoms with Crippen molar-refractivity contribution in [3.63, 3.8) is 0 Å². The van der Waals surface area contributed by atoms with Gasteiger partial charge in [-0.2, -0.15) is 0 Å². The van der Waals surface area contributed by atoms with Gasteiger partial charge in [-0.1, -0.05) is 15.9 Å². The second-order valence-corrected chi connectivity index (χ2v) is 9.13. The SMILES string of the molecule is O=S(=O)(NCCc1ccc(Br)s1)c1ccc(Br)cc1F. The molecule has 20 heavy (non-hydrogen) atoms. The van der Waals surface area contributed by atoms with Crippen LogP contribution in [-0.2, 0) is 16.4 Å². The Morgan fingerprint density at radius 3 is 2.55 bits per heavy atom. The van der Waals surface area contributed by atoms with Gasteiger partial charge in [-0.25, -0.2) is 17.5 Å². The fraction of sp³-hybridized carbons (Fsp3) is 0.167. The maximum absolute atomic E-state index is 13.6. The van der Waals surface area contributed by atoms with Crippen LogP contribution in [0.4, 0.5) is 4.39 Å². The van der Waals surface area contributed by atoms with Crippen molar-refractivity contribution in [1.82, 2.24) is 4.72 Å². The van der Waals surface area contributed by atoms with E-state index in [-0.39, 0.29) is 11.4 Å². The fourth-order valence-electron chi connectivity index (χ4n) is 1.57. The predicted octanol–water partition coefficient (Wildman–Crippen LogP) is 3.93. The molecule has 108 valence electrons. The summed E-state index contributed by atoms with van der Waals surface area (Å²) >= 11 is 7.97. The topological polar surface area (TPSA) is 46.2 Å². The van der Waals surface area contributed by atoms with Crippen LogP contribution in [0.3, 0.4) is 0 Å². The number of halogens is 3. The third-order valence-electron chi connectivity index (χ3n) is 2.48. The van der Waals surface area contributed by atoms with Gasteiger partial charge in [0.05, 0.1) is 3.79 Å². The predicted molar refractivity (Wildman–Crippen MR) is 85.0 cm³/mol. The van der Waals surface area contributed by atoms with Gasteiger partial charge in [0.1, 0.15) is 10.7 Å². The fourth-order valence-corrected chi connectivity index (χ4v) is 4.47. The average Bonchev–Trinajstić information content (AvgIpc) is 2.74. The molecule has 2 rings (SSSR count). The van der Waals surface area contributed by atoms with Gasteiger partial charge < -0.3 is 0 Å². The molecule has 1 aromatic carbocycles. The Balaban J connectivity index is 2.04. The highest BCUT2D eigenvalue weighted by Crippen LogP contribution is 2.22. The van der Waals surface area contributed by atoms with Crippen LogP contribution in [0.2, 0.25) is 0 Å². The highest BCUT2D eigenvalue weighted by molar-refractivity contribution is 9.11. The Labute approximate surface area is 137 Å². The molecular weight excluding hydrogens is 433 g/mol. The largest absolute Gasteiger partial charge is 0.243 e. The van der Waals surface area contributed by atoms with E-state index >= 15 is 0 Å². The lowest BCUT2D eigenvalue weighted by molar-refractivity contribution is 0.557. The number of nitrogens with one attached hydrogen (secondary N) is 1. The highest BCUT2D eigenvalue weighted by atomic mass is 79.9. The zero-order chi connectivity index (χ0) is 14.8. The van der Waals surface area contributed by atoms with Crippen LogP contribution >= 0.6 is 43.2 Å². The lowest BCUT2D eigenvalue weighted by Gasteiger charge is -2.07. The molecule has 1 heterocycles. The van der Waals surface area contributed by atoms with E-state index in [2.05, 4.69) is 36.6 Å². The van der Waals surface area contributed by atoms with Crippen molar-refractivity contribution >= 4 is 53.2 Å². The van der Waals surface area contributed by atoms with E-state index < -0.39 is 15.8 Å². The first-order chi connectivity index (χ1) is 9.38. The van der Waals surface area contributed by atoms with Gasteiger partial charge in [0.15, 0.2) is 0 Å². The first-order valence-corrected chi connectivity index (χ1v) is 9.46. The Morgan fingerprint density at radius 2 is 1.95 bits per heavy atom. The Morgan fingerprint density at radius 1 is 1.20 bits per heavy atom. The maximum atomic E-state index is 13.6. The molecule has 0 spiro atoms. The summed E-state index contributed by atoms with van der Waals surface area (Å²) in [6.07, 6.45) is 0.563. The molecule has 0 saturated heterocycles. The average molecular weight is 443 g/mol. The van der Waals surface area contributed by atoms with Crippen molar-refractivity contribution in [3.05, 3.63) is 49.3 Å². The second-order valence-electron chi connectivity index (χ2n) is 3.93. The molecule has 1 N–H and O–H groups in total. The van der Waals surface area contributed by atoms with Gasteiger partial charge in [0.25, 0.3) is 0 Å². The molecule has 0 aliphatic heterocycles. The molecule has 0 aliphatic carbocycles. The number of benzene rings is 1. The maximum Gasteiger partial charge on any atom is 0.243 e. The third kappa shape index (κ3) is 4.11. The summed E-state index contributed by atoms with van der Waals surface area (Å²) in [5.41, 5.74) is 0.